The van der Waals surface area contributed by atoms with E-state index in [1.165, 1.54) is 6.08 Å². The summed E-state index contributed by atoms with van der Waals surface area (Å²) in [6.07, 6.45) is 3.19. The molecule has 0 saturated heterocycles. The minimum Gasteiger partial charge on any atom is -0.496 e. The Morgan fingerprint density at radius 2 is 1.57 bits per heavy atom. The predicted octanol–water partition coefficient (Wildman–Crippen LogP) is 6.53. The summed E-state index contributed by atoms with van der Waals surface area (Å²) >= 11 is 0. The van der Waals surface area contributed by atoms with Gasteiger partial charge in [0.25, 0.3) is 0 Å². The van der Waals surface area contributed by atoms with Gasteiger partial charge in [0.15, 0.2) is 5.78 Å². The highest BCUT2D eigenvalue weighted by atomic mass is 31.2. The highest BCUT2D eigenvalue weighted by molar-refractivity contribution is 7.55. The Balaban J connectivity index is 3.45. The third-order valence-corrected chi connectivity index (χ3v) is 7.37. The number of hydrogen-bond acceptors (Lipinski definition) is 5. The monoisotopic (exact) mass is 438 g/mol. The molecule has 5 nitrogen and oxygen atoms in total. The number of hydrogen-bond donors (Lipinski definition) is 0. The van der Waals surface area contributed by atoms with E-state index in [2.05, 4.69) is 47.6 Å². The molecule has 30 heavy (non-hydrogen) atoms. The van der Waals surface area contributed by atoms with Crippen LogP contribution in [0.1, 0.15) is 79.0 Å². The summed E-state index contributed by atoms with van der Waals surface area (Å²) in [7, 11) is -1.87. The van der Waals surface area contributed by atoms with Crippen LogP contribution in [0.5, 0.6) is 5.75 Å². The van der Waals surface area contributed by atoms with Gasteiger partial charge in [0.05, 0.1) is 20.3 Å². The Morgan fingerprint density at radius 3 is 1.97 bits per heavy atom. The van der Waals surface area contributed by atoms with E-state index in [1.807, 2.05) is 6.07 Å². The third kappa shape index (κ3) is 6.54. The van der Waals surface area contributed by atoms with Crippen LogP contribution in [-0.4, -0.2) is 31.8 Å². The fraction of sp³-hybridized carbons (Fsp3) is 0.625. The number of carbonyl (C=O) groups excluding carboxylic acids is 1. The molecule has 0 radical (unpaired) electrons. The summed E-state index contributed by atoms with van der Waals surface area (Å²) in [6.45, 7) is 18.4. The number of carbonyl (C=O) groups is 1. The molecule has 0 bridgehead atoms. The largest absolute Gasteiger partial charge is 0.496 e. The van der Waals surface area contributed by atoms with Crippen molar-refractivity contribution < 1.29 is 23.1 Å². The van der Waals surface area contributed by atoms with Crippen molar-refractivity contribution >= 4 is 19.5 Å². The van der Waals surface area contributed by atoms with Gasteiger partial charge in [-0.2, -0.15) is 0 Å². The van der Waals surface area contributed by atoms with Crippen LogP contribution in [0.2, 0.25) is 0 Å². The van der Waals surface area contributed by atoms with Crippen molar-refractivity contribution in [3.63, 3.8) is 0 Å². The number of ketones is 1. The van der Waals surface area contributed by atoms with Gasteiger partial charge in [0.1, 0.15) is 11.4 Å². The lowest BCUT2D eigenvalue weighted by Crippen LogP contribution is -2.19. The zero-order valence-electron chi connectivity index (χ0n) is 20.3. The molecule has 0 aliphatic heterocycles. The average Bonchev–Trinajstić information content (AvgIpc) is 2.63. The molecule has 0 amide bonds. The Labute approximate surface area is 182 Å². The van der Waals surface area contributed by atoms with E-state index in [-0.39, 0.29) is 29.8 Å². The summed E-state index contributed by atoms with van der Waals surface area (Å²) in [5, 5.41) is 0. The zero-order chi connectivity index (χ0) is 23.3. The maximum Gasteiger partial charge on any atom is 0.341 e. The topological polar surface area (TPSA) is 61.8 Å². The normalized spacial score (nSPS) is 14.2. The van der Waals surface area contributed by atoms with Crippen LogP contribution in [0.4, 0.5) is 0 Å². The van der Waals surface area contributed by atoms with Gasteiger partial charge in [-0.25, -0.2) is 0 Å². The maximum absolute atomic E-state index is 12.9. The Hall–Kier alpha value is -1.42. The second-order valence-corrected chi connectivity index (χ2v) is 11.8. The molecular weight excluding hydrogens is 399 g/mol. The van der Waals surface area contributed by atoms with E-state index in [0.29, 0.717) is 0 Å². The average molecular weight is 439 g/mol. The van der Waals surface area contributed by atoms with Crippen molar-refractivity contribution in [1.29, 1.82) is 0 Å². The SMILES string of the molecule is CCOP(=O)(OCC)C(C)C(=O)/C=C/c1cc(C(C)(C)C)cc(C(C)(C)C)c1OC. The number of ether oxygens (including phenoxy) is 1. The van der Waals surface area contributed by atoms with Crippen molar-refractivity contribution in [2.24, 2.45) is 0 Å². The highest BCUT2D eigenvalue weighted by Crippen LogP contribution is 2.53. The number of benzene rings is 1. The Bertz CT molecular complexity index is 802. The molecule has 0 aliphatic rings. The van der Waals surface area contributed by atoms with Crippen LogP contribution in [0.25, 0.3) is 6.08 Å². The standard InChI is InChI=1S/C24H39O5P/c1-11-28-30(26,29-12-2)17(3)21(25)14-13-18-15-19(23(4,5)6)16-20(22(18)27-10)24(7,8)9/h13-17H,11-12H2,1-10H3/b14-13+. The zero-order valence-corrected chi connectivity index (χ0v) is 21.2. The first-order chi connectivity index (χ1) is 13.7. The molecule has 1 rings (SSSR count). The van der Waals surface area contributed by atoms with Gasteiger partial charge in [-0.1, -0.05) is 47.6 Å². The van der Waals surface area contributed by atoms with Gasteiger partial charge in [-0.15, -0.1) is 0 Å². The fourth-order valence-electron chi connectivity index (χ4n) is 3.08. The minimum absolute atomic E-state index is 0.0637. The molecule has 1 aromatic rings. The van der Waals surface area contributed by atoms with Crippen molar-refractivity contribution in [2.45, 2.75) is 78.8 Å². The third-order valence-electron chi connectivity index (χ3n) is 4.93. The van der Waals surface area contributed by atoms with Gasteiger partial charge >= 0.3 is 7.60 Å². The van der Waals surface area contributed by atoms with Gasteiger partial charge < -0.3 is 13.8 Å². The van der Waals surface area contributed by atoms with Crippen LogP contribution >= 0.6 is 7.60 Å². The summed E-state index contributed by atoms with van der Waals surface area (Å²) in [4.78, 5) is 12.8. The lowest BCUT2D eigenvalue weighted by atomic mass is 9.79. The number of methoxy groups -OCH3 is 1. The second kappa shape index (κ2) is 10.3. The lowest BCUT2D eigenvalue weighted by molar-refractivity contribution is -0.114. The van der Waals surface area contributed by atoms with E-state index < -0.39 is 13.3 Å². The molecule has 0 saturated carbocycles. The summed E-state index contributed by atoms with van der Waals surface area (Å²) < 4.78 is 29.3. The van der Waals surface area contributed by atoms with Crippen LogP contribution in [0.15, 0.2) is 18.2 Å². The van der Waals surface area contributed by atoms with E-state index in [0.717, 1.165) is 22.4 Å². The molecule has 1 atom stereocenters. The lowest BCUT2D eigenvalue weighted by Gasteiger charge is -2.28. The van der Waals surface area contributed by atoms with E-state index in [9.17, 15) is 9.36 Å². The smallest absolute Gasteiger partial charge is 0.341 e. The van der Waals surface area contributed by atoms with E-state index in [1.54, 1.807) is 34.0 Å². The number of rotatable bonds is 9. The summed E-state index contributed by atoms with van der Waals surface area (Å²) in [5.74, 6) is 0.436. The minimum atomic E-state index is -3.51. The molecule has 0 aliphatic carbocycles. The molecule has 1 unspecified atom stereocenters. The van der Waals surface area contributed by atoms with Crippen molar-refractivity contribution in [3.05, 3.63) is 34.9 Å². The van der Waals surface area contributed by atoms with E-state index >= 15 is 0 Å². The molecule has 170 valence electrons. The van der Waals surface area contributed by atoms with Crippen LogP contribution in [0.3, 0.4) is 0 Å². The van der Waals surface area contributed by atoms with Gasteiger partial charge in [-0.3, -0.25) is 9.36 Å². The summed E-state index contributed by atoms with van der Waals surface area (Å²) in [6, 6.07) is 4.23. The Morgan fingerprint density at radius 1 is 1.03 bits per heavy atom. The number of allylic oxidation sites excluding steroid dienone is 1. The molecule has 1 aromatic carbocycles. The van der Waals surface area contributed by atoms with E-state index in [4.69, 9.17) is 13.8 Å². The van der Waals surface area contributed by atoms with Gasteiger partial charge in [-0.05, 0) is 55.4 Å². The van der Waals surface area contributed by atoms with Gasteiger partial charge in [0.2, 0.25) is 0 Å². The van der Waals surface area contributed by atoms with Crippen molar-refractivity contribution in [1.82, 2.24) is 0 Å². The van der Waals surface area contributed by atoms with Crippen molar-refractivity contribution in [3.8, 4) is 5.75 Å². The highest BCUT2D eigenvalue weighted by Gasteiger charge is 2.36. The van der Waals surface area contributed by atoms with Crippen LogP contribution in [-0.2, 0) is 29.2 Å². The first-order valence-corrected chi connectivity index (χ1v) is 12.2. The van der Waals surface area contributed by atoms with Crippen molar-refractivity contribution in [2.75, 3.05) is 20.3 Å². The first-order valence-electron chi connectivity index (χ1n) is 10.5. The van der Waals surface area contributed by atoms with Crippen LogP contribution in [0, 0.1) is 0 Å². The molecular formula is C24H39O5P. The Kier molecular flexibility index (Phi) is 9.10. The summed E-state index contributed by atoms with van der Waals surface area (Å²) in [5.41, 5.74) is 1.97. The second-order valence-electron chi connectivity index (χ2n) is 9.43. The molecule has 0 fully saturated rings. The predicted molar refractivity (Wildman–Crippen MR) is 125 cm³/mol. The molecule has 0 spiro atoms. The quantitative estimate of drug-likeness (QED) is 0.324. The molecule has 0 heterocycles. The first kappa shape index (κ1) is 26.6. The van der Waals surface area contributed by atoms with Crippen LogP contribution < -0.4 is 4.74 Å². The molecule has 6 heteroatoms. The molecule has 0 aromatic heterocycles. The molecule has 0 N–H and O–H groups in total. The fourth-order valence-corrected chi connectivity index (χ4v) is 4.72. The maximum atomic E-state index is 12.9. The van der Waals surface area contributed by atoms with Gasteiger partial charge in [0, 0.05) is 11.1 Å².